The van der Waals surface area contributed by atoms with Gasteiger partial charge in [-0.1, -0.05) is 364 Å². The SMILES string of the molecule is Cc1ccc(C2OCCCO2)o1.c1ccc(P(c2ccccc2)c2ccccc2)cc1.c1ccc(P(c2ccccc2)c2ccccc2)cc1.c1ccc(P(c2ccccc2)c2ccccc2)cc1.c1ccc(P(c2ccccc2)c2ccccc2)cc1. The fourth-order valence-corrected chi connectivity index (χ4v) is 19.2. The second kappa shape index (κ2) is 34.8. The maximum atomic E-state index is 5.37. The minimum absolute atomic E-state index is 0.285. The number of hydrogen-bond acceptors (Lipinski definition) is 3. The van der Waals surface area contributed by atoms with Crippen LogP contribution in [-0.2, 0) is 9.47 Å². The molecule has 0 saturated carbocycles. The lowest BCUT2D eigenvalue weighted by atomic mass is 10.4. The van der Waals surface area contributed by atoms with Crippen LogP contribution in [0.2, 0.25) is 0 Å². The molecule has 0 bridgehead atoms. The Morgan fingerprint density at radius 1 is 0.216 bits per heavy atom. The highest BCUT2D eigenvalue weighted by molar-refractivity contribution is 7.81. The van der Waals surface area contributed by atoms with Gasteiger partial charge in [-0.15, -0.1) is 0 Å². The van der Waals surface area contributed by atoms with Gasteiger partial charge in [-0.05, 0) is 121 Å². The van der Waals surface area contributed by atoms with Crippen molar-refractivity contribution in [1.29, 1.82) is 0 Å². The smallest absolute Gasteiger partial charge is 0.217 e. The molecule has 1 fully saturated rings. The molecule has 3 nitrogen and oxygen atoms in total. The van der Waals surface area contributed by atoms with E-state index in [1.165, 1.54) is 63.7 Å². The van der Waals surface area contributed by atoms with Crippen LogP contribution in [0.1, 0.15) is 24.2 Å². The molecule has 0 spiro atoms. The van der Waals surface area contributed by atoms with Crippen molar-refractivity contribution in [2.24, 2.45) is 0 Å². The maximum absolute atomic E-state index is 5.37. The van der Waals surface area contributed by atoms with Crippen molar-refractivity contribution in [1.82, 2.24) is 0 Å². The van der Waals surface area contributed by atoms with E-state index in [0.717, 1.165) is 31.2 Å². The number of benzene rings is 12. The number of rotatable bonds is 13. The number of furan rings is 1. The van der Waals surface area contributed by atoms with E-state index in [1.807, 2.05) is 19.1 Å². The van der Waals surface area contributed by atoms with E-state index >= 15 is 0 Å². The number of hydrogen-bond donors (Lipinski definition) is 0. The molecule has 0 amide bonds. The predicted octanol–water partition coefficient (Wildman–Crippen LogP) is 15.8. The van der Waals surface area contributed by atoms with E-state index in [0.29, 0.717) is 0 Å². The van der Waals surface area contributed by atoms with E-state index < -0.39 is 31.7 Å². The van der Waals surface area contributed by atoms with Gasteiger partial charge in [0.2, 0.25) is 6.29 Å². The van der Waals surface area contributed by atoms with Crippen LogP contribution in [0, 0.1) is 6.92 Å². The first-order valence-electron chi connectivity index (χ1n) is 29.8. The standard InChI is InChI=1S/4C18H15P.C9H12O3/c4*1-4-10-16(11-5-1)19(17-12-6-2-7-13-17)18-14-8-3-9-15-18;1-7-3-4-8(12-7)9-10-5-2-6-11-9/h4*1-15H;3-4,9H,2,5-6H2,1H3. The molecule has 1 aliphatic rings. The predicted molar refractivity (Wildman–Crippen MR) is 383 cm³/mol. The quantitative estimate of drug-likeness (QED) is 0.108. The lowest BCUT2D eigenvalue weighted by Gasteiger charge is -2.20. The molecule has 0 atom stereocenters. The summed E-state index contributed by atoms with van der Waals surface area (Å²) in [6, 6.07) is 133. The van der Waals surface area contributed by atoms with Crippen molar-refractivity contribution in [2.45, 2.75) is 19.6 Å². The van der Waals surface area contributed by atoms with Crippen molar-refractivity contribution in [3.8, 4) is 0 Å². The Hall–Kier alpha value is -8.44. The Labute approximate surface area is 526 Å². The molecule has 14 rings (SSSR count). The van der Waals surface area contributed by atoms with Gasteiger partial charge in [0.15, 0.2) is 5.76 Å². The normalized spacial score (nSPS) is 11.8. The Kier molecular flexibility index (Phi) is 24.7. The van der Waals surface area contributed by atoms with Crippen LogP contribution in [0.15, 0.2) is 381 Å². The minimum atomic E-state index is -0.446. The van der Waals surface area contributed by atoms with Gasteiger partial charge in [0.05, 0.1) is 13.2 Å². The zero-order valence-corrected chi connectivity index (χ0v) is 53.1. The molecule has 0 radical (unpaired) electrons. The summed E-state index contributed by atoms with van der Waals surface area (Å²) in [7, 11) is -1.78. The zero-order chi connectivity index (χ0) is 60.1. The first-order chi connectivity index (χ1) is 43.7. The van der Waals surface area contributed by atoms with Gasteiger partial charge in [-0.2, -0.15) is 0 Å². The summed E-state index contributed by atoms with van der Waals surface area (Å²) in [5, 5.41) is 16.8. The molecule has 13 aromatic rings. The molecule has 1 saturated heterocycles. The van der Waals surface area contributed by atoms with Gasteiger partial charge >= 0.3 is 0 Å². The van der Waals surface area contributed by atoms with Gasteiger partial charge < -0.3 is 13.9 Å². The Bertz CT molecular complexity index is 3080. The third kappa shape index (κ3) is 18.5. The van der Waals surface area contributed by atoms with Crippen molar-refractivity contribution >= 4 is 95.3 Å². The van der Waals surface area contributed by atoms with Gasteiger partial charge in [-0.25, -0.2) is 0 Å². The van der Waals surface area contributed by atoms with Gasteiger partial charge in [0.1, 0.15) is 5.76 Å². The van der Waals surface area contributed by atoms with Crippen molar-refractivity contribution in [3.63, 3.8) is 0 Å². The Morgan fingerprint density at radius 3 is 0.511 bits per heavy atom. The van der Waals surface area contributed by atoms with Gasteiger partial charge in [-0.3, -0.25) is 0 Å². The Morgan fingerprint density at radius 2 is 0.375 bits per heavy atom. The van der Waals surface area contributed by atoms with E-state index in [1.54, 1.807) is 0 Å². The van der Waals surface area contributed by atoms with Gasteiger partial charge in [0.25, 0.3) is 0 Å². The number of ether oxygens (including phenoxy) is 2. The highest BCUT2D eigenvalue weighted by Gasteiger charge is 2.21. The molecule has 88 heavy (non-hydrogen) atoms. The van der Waals surface area contributed by atoms with E-state index in [9.17, 15) is 0 Å². The second-order valence-electron chi connectivity index (χ2n) is 20.2. The topological polar surface area (TPSA) is 31.6 Å². The maximum Gasteiger partial charge on any atom is 0.217 e. The molecule has 7 heteroatoms. The van der Waals surface area contributed by atoms with Crippen molar-refractivity contribution in [2.75, 3.05) is 13.2 Å². The Balaban J connectivity index is 0.000000122. The fourth-order valence-electron chi connectivity index (χ4n) is 9.95. The third-order valence-electron chi connectivity index (χ3n) is 14.0. The van der Waals surface area contributed by atoms with E-state index in [4.69, 9.17) is 13.9 Å². The summed E-state index contributed by atoms with van der Waals surface area (Å²) >= 11 is 0. The largest absolute Gasteiger partial charge is 0.461 e. The molecule has 0 N–H and O–H groups in total. The van der Waals surface area contributed by atoms with Gasteiger partial charge in [0, 0.05) is 0 Å². The van der Waals surface area contributed by atoms with Crippen LogP contribution in [-0.4, -0.2) is 13.2 Å². The molecule has 434 valence electrons. The molecule has 1 aromatic heterocycles. The average molecular weight is 1220 g/mol. The summed E-state index contributed by atoms with van der Waals surface area (Å²) in [5.41, 5.74) is 0. The third-order valence-corrected chi connectivity index (χ3v) is 23.8. The number of aryl methyl sites for hydroxylation is 1. The average Bonchev–Trinajstić information content (AvgIpc) is 4.26. The van der Waals surface area contributed by atoms with Crippen LogP contribution >= 0.6 is 31.7 Å². The summed E-state index contributed by atoms with van der Waals surface area (Å²) < 4.78 is 16.1. The van der Waals surface area contributed by atoms with Crippen molar-refractivity contribution < 1.29 is 13.9 Å². The second-order valence-corrected chi connectivity index (χ2v) is 29.1. The van der Waals surface area contributed by atoms with Crippen LogP contribution < -0.4 is 63.7 Å². The monoisotopic (exact) mass is 1220 g/mol. The van der Waals surface area contributed by atoms with Crippen LogP contribution in [0.5, 0.6) is 0 Å². The molecule has 0 unspecified atom stereocenters. The minimum Gasteiger partial charge on any atom is -0.461 e. The first kappa shape index (κ1) is 62.6. The summed E-state index contributed by atoms with van der Waals surface area (Å²) in [5.74, 6) is 1.66. The van der Waals surface area contributed by atoms with Crippen molar-refractivity contribution in [3.05, 3.63) is 388 Å². The lowest BCUT2D eigenvalue weighted by molar-refractivity contribution is -0.191. The molecule has 0 aliphatic carbocycles. The molecule has 12 aromatic carbocycles. The summed E-state index contributed by atoms with van der Waals surface area (Å²) in [6.07, 6.45) is 0.684. The highest BCUT2D eigenvalue weighted by atomic mass is 31.1. The summed E-state index contributed by atoms with van der Waals surface area (Å²) in [6.45, 7) is 3.42. The molecular formula is C81H72O3P4. The van der Waals surface area contributed by atoms with Crippen LogP contribution in [0.4, 0.5) is 0 Å². The summed E-state index contributed by atoms with van der Waals surface area (Å²) in [4.78, 5) is 0. The fraction of sp³-hybridized carbons (Fsp3) is 0.0617. The molecular weight excluding hydrogens is 1140 g/mol. The lowest BCUT2D eigenvalue weighted by Crippen LogP contribution is -2.20. The van der Waals surface area contributed by atoms with E-state index in [-0.39, 0.29) is 6.29 Å². The zero-order valence-electron chi connectivity index (χ0n) is 49.5. The van der Waals surface area contributed by atoms with Crippen LogP contribution in [0.25, 0.3) is 0 Å². The highest BCUT2D eigenvalue weighted by Crippen LogP contribution is 2.35. The molecule has 2 heterocycles. The van der Waals surface area contributed by atoms with E-state index in [2.05, 4.69) is 364 Å². The molecule has 1 aliphatic heterocycles. The van der Waals surface area contributed by atoms with Crippen LogP contribution in [0.3, 0.4) is 0 Å². The first-order valence-corrected chi connectivity index (χ1v) is 35.1.